The summed E-state index contributed by atoms with van der Waals surface area (Å²) in [6.07, 6.45) is 6.97. The molecule has 4 bridgehead atoms. The van der Waals surface area contributed by atoms with Crippen LogP contribution in [0.5, 0.6) is 11.5 Å². The van der Waals surface area contributed by atoms with Gasteiger partial charge in [0.15, 0.2) is 0 Å². The van der Waals surface area contributed by atoms with Gasteiger partial charge in [0.1, 0.15) is 11.5 Å². The van der Waals surface area contributed by atoms with E-state index in [2.05, 4.69) is 38.1 Å². The van der Waals surface area contributed by atoms with Gasteiger partial charge in [-0.25, -0.2) is 0 Å². The van der Waals surface area contributed by atoms with Gasteiger partial charge >= 0.3 is 11.9 Å². The van der Waals surface area contributed by atoms with Crippen molar-refractivity contribution >= 4 is 11.9 Å². The number of hydrogen-bond acceptors (Lipinski definition) is 8. The third-order valence-corrected chi connectivity index (χ3v) is 11.6. The van der Waals surface area contributed by atoms with Crippen molar-refractivity contribution in [3.8, 4) is 11.5 Å². The Morgan fingerprint density at radius 2 is 1.04 bits per heavy atom. The molecule has 0 N–H and O–H groups in total. The lowest BCUT2D eigenvalue weighted by molar-refractivity contribution is -0.151. The van der Waals surface area contributed by atoms with Gasteiger partial charge in [0.25, 0.3) is 0 Å². The van der Waals surface area contributed by atoms with Crippen LogP contribution in [-0.2, 0) is 34.0 Å². The summed E-state index contributed by atoms with van der Waals surface area (Å²) in [5.74, 6) is 3.46. The summed E-state index contributed by atoms with van der Waals surface area (Å²) in [7, 11) is 0. The van der Waals surface area contributed by atoms with E-state index in [1.54, 1.807) is 0 Å². The maximum atomic E-state index is 12.5. The van der Waals surface area contributed by atoms with Crippen molar-refractivity contribution in [2.24, 2.45) is 35.5 Å². The summed E-state index contributed by atoms with van der Waals surface area (Å²) in [6, 6.07) is 16.4. The quantitative estimate of drug-likeness (QED) is 0.156. The van der Waals surface area contributed by atoms with Crippen molar-refractivity contribution in [3.63, 3.8) is 0 Å². The third kappa shape index (κ3) is 5.62. The van der Waals surface area contributed by atoms with E-state index >= 15 is 0 Å². The van der Waals surface area contributed by atoms with E-state index in [9.17, 15) is 9.59 Å². The first-order valence-corrected chi connectivity index (χ1v) is 17.0. The predicted molar refractivity (Wildman–Crippen MR) is 164 cm³/mol. The minimum atomic E-state index is -0.199. The van der Waals surface area contributed by atoms with Gasteiger partial charge in [0.05, 0.1) is 62.7 Å². The first-order chi connectivity index (χ1) is 21.9. The van der Waals surface area contributed by atoms with Crippen molar-refractivity contribution in [1.82, 2.24) is 0 Å². The summed E-state index contributed by atoms with van der Waals surface area (Å²) in [5, 5.41) is 0. The van der Waals surface area contributed by atoms with Crippen molar-refractivity contribution < 1.29 is 38.0 Å². The number of ether oxygens (including phenoxy) is 6. The fourth-order valence-corrected chi connectivity index (χ4v) is 8.91. The van der Waals surface area contributed by atoms with Crippen LogP contribution in [0.1, 0.15) is 63.5 Å². The highest BCUT2D eigenvalue weighted by Crippen LogP contribution is 2.60. The SMILES string of the molecule is CC(C)(c1ccc(OCCCOC(=O)C2CC3CC2C2OC32)cc1)c1ccc(OCCCOC(=O)C2CC3CC2C2OC32)cc1. The molecule has 45 heavy (non-hydrogen) atoms. The molecule has 2 aromatic carbocycles. The smallest absolute Gasteiger partial charge is 0.309 e. The molecule has 2 heterocycles. The molecule has 8 rings (SSSR count). The van der Waals surface area contributed by atoms with Gasteiger partial charge in [-0.05, 0) is 72.9 Å². The topological polar surface area (TPSA) is 96.1 Å². The first-order valence-electron chi connectivity index (χ1n) is 17.0. The van der Waals surface area contributed by atoms with Crippen LogP contribution in [0.4, 0.5) is 0 Å². The second-order valence-electron chi connectivity index (χ2n) is 14.5. The fourth-order valence-electron chi connectivity index (χ4n) is 8.91. The van der Waals surface area contributed by atoms with E-state index in [0.717, 1.165) is 37.2 Å². The molecule has 6 fully saturated rings. The molecule has 0 amide bonds. The summed E-state index contributed by atoms with van der Waals surface area (Å²) in [5.41, 5.74) is 2.17. The van der Waals surface area contributed by atoms with Crippen molar-refractivity contribution in [2.75, 3.05) is 26.4 Å². The number of carbonyl (C=O) groups excluding carboxylic acids is 2. The minimum Gasteiger partial charge on any atom is -0.493 e. The van der Waals surface area contributed by atoms with Gasteiger partial charge in [0, 0.05) is 30.1 Å². The second kappa shape index (κ2) is 11.6. The van der Waals surface area contributed by atoms with Gasteiger partial charge in [0.2, 0.25) is 0 Å². The Morgan fingerprint density at radius 1 is 0.622 bits per heavy atom. The van der Waals surface area contributed by atoms with Crippen LogP contribution in [0.25, 0.3) is 0 Å². The summed E-state index contributed by atoms with van der Waals surface area (Å²) < 4.78 is 34.3. The Bertz CT molecular complexity index is 1300. The van der Waals surface area contributed by atoms with E-state index in [4.69, 9.17) is 28.4 Å². The number of fused-ring (bicyclic) bond motifs is 10. The van der Waals surface area contributed by atoms with Crippen LogP contribution in [-0.4, -0.2) is 62.8 Å². The Kier molecular flexibility index (Phi) is 7.56. The predicted octanol–water partition coefficient (Wildman–Crippen LogP) is 5.48. The van der Waals surface area contributed by atoms with Gasteiger partial charge in [-0.3, -0.25) is 9.59 Å². The standard InChI is InChI=1S/C37H44O8/c1-37(2,23-5-9-25(10-6-23)40-13-3-15-42-35(38)29-19-21-17-27(29)33-31(21)44-33)24-7-11-26(12-8-24)41-14-4-16-43-36(39)30-20-22-18-28(30)34-32(22)45-34/h5-12,21-22,27-34H,3-4,13-20H2,1-2H3. The number of hydrogen-bond donors (Lipinski definition) is 0. The molecule has 2 aromatic rings. The molecule has 0 spiro atoms. The molecule has 4 saturated carbocycles. The molecular weight excluding hydrogens is 572 g/mol. The summed E-state index contributed by atoms with van der Waals surface area (Å²) in [4.78, 5) is 25.0. The van der Waals surface area contributed by atoms with Crippen LogP contribution in [0, 0.1) is 35.5 Å². The third-order valence-electron chi connectivity index (χ3n) is 11.6. The lowest BCUT2D eigenvalue weighted by atomic mass is 9.78. The summed E-state index contributed by atoms with van der Waals surface area (Å²) >= 11 is 0. The fraction of sp³-hybridized carbons (Fsp3) is 0.622. The van der Waals surface area contributed by atoms with Crippen LogP contribution >= 0.6 is 0 Å². The maximum absolute atomic E-state index is 12.5. The molecule has 0 radical (unpaired) electrons. The highest BCUT2D eigenvalue weighted by Gasteiger charge is 2.65. The normalized spacial score (nSPS) is 34.6. The summed E-state index contributed by atoms with van der Waals surface area (Å²) in [6.45, 7) is 6.19. The lowest BCUT2D eigenvalue weighted by Gasteiger charge is -2.26. The van der Waals surface area contributed by atoms with E-state index in [1.165, 1.54) is 11.1 Å². The Hall–Kier alpha value is -3.10. The molecule has 6 aliphatic rings. The monoisotopic (exact) mass is 616 g/mol. The molecule has 8 heteroatoms. The molecule has 10 unspecified atom stereocenters. The maximum Gasteiger partial charge on any atom is 0.309 e. The second-order valence-corrected chi connectivity index (χ2v) is 14.5. The number of esters is 2. The Morgan fingerprint density at radius 3 is 1.42 bits per heavy atom. The zero-order chi connectivity index (χ0) is 30.7. The molecule has 8 nitrogen and oxygen atoms in total. The molecular formula is C37H44O8. The van der Waals surface area contributed by atoms with E-state index in [-0.39, 0.29) is 29.2 Å². The number of benzene rings is 2. The molecule has 0 aromatic heterocycles. The van der Waals surface area contributed by atoms with E-state index < -0.39 is 0 Å². The highest BCUT2D eigenvalue weighted by atomic mass is 16.6. The number of epoxide rings is 2. The zero-order valence-electron chi connectivity index (χ0n) is 26.2. The Labute approximate surface area is 265 Å². The van der Waals surface area contributed by atoms with Crippen molar-refractivity contribution in [3.05, 3.63) is 59.7 Å². The molecule has 240 valence electrons. The van der Waals surface area contributed by atoms with Crippen LogP contribution < -0.4 is 9.47 Å². The minimum absolute atomic E-state index is 0.0281. The zero-order valence-corrected chi connectivity index (χ0v) is 26.2. The molecule has 2 aliphatic heterocycles. The lowest BCUT2D eigenvalue weighted by Crippen LogP contribution is -2.27. The van der Waals surface area contributed by atoms with Gasteiger partial charge < -0.3 is 28.4 Å². The van der Waals surface area contributed by atoms with Gasteiger partial charge in [-0.15, -0.1) is 0 Å². The van der Waals surface area contributed by atoms with Gasteiger partial charge in [-0.1, -0.05) is 38.1 Å². The Balaban J connectivity index is 0.730. The van der Waals surface area contributed by atoms with Crippen molar-refractivity contribution in [2.45, 2.75) is 82.2 Å². The highest BCUT2D eigenvalue weighted by molar-refractivity contribution is 5.74. The van der Waals surface area contributed by atoms with Gasteiger partial charge in [-0.2, -0.15) is 0 Å². The molecule has 10 atom stereocenters. The first kappa shape index (κ1) is 29.3. The van der Waals surface area contributed by atoms with E-state index in [0.29, 0.717) is 87.4 Å². The van der Waals surface area contributed by atoms with Crippen LogP contribution in [0.2, 0.25) is 0 Å². The van der Waals surface area contributed by atoms with E-state index in [1.807, 2.05) is 24.3 Å². The van der Waals surface area contributed by atoms with Crippen LogP contribution in [0.15, 0.2) is 48.5 Å². The number of carbonyl (C=O) groups is 2. The molecule has 4 aliphatic carbocycles. The largest absolute Gasteiger partial charge is 0.493 e. The average Bonchev–Trinajstić information content (AvgIpc) is 3.88. The van der Waals surface area contributed by atoms with Crippen LogP contribution in [0.3, 0.4) is 0 Å². The average molecular weight is 617 g/mol. The molecule has 2 saturated heterocycles. The number of rotatable bonds is 14. The van der Waals surface area contributed by atoms with Crippen molar-refractivity contribution in [1.29, 1.82) is 0 Å².